The fraction of sp³-hybridized carbons (Fsp3) is 0.250. The first-order valence-electron chi connectivity index (χ1n) is 6.73. The minimum Gasteiger partial charge on any atom is -0.398 e. The van der Waals surface area contributed by atoms with Crippen LogP contribution in [0.25, 0.3) is 0 Å². The highest BCUT2D eigenvalue weighted by molar-refractivity contribution is 7.99. The lowest BCUT2D eigenvalue weighted by Crippen LogP contribution is -2.24. The van der Waals surface area contributed by atoms with Crippen molar-refractivity contribution in [3.05, 3.63) is 58.6 Å². The van der Waals surface area contributed by atoms with Crippen molar-refractivity contribution in [2.45, 2.75) is 23.9 Å². The summed E-state index contributed by atoms with van der Waals surface area (Å²) in [6, 6.07) is 14.5. The third-order valence-electron chi connectivity index (χ3n) is 3.61. The Balaban J connectivity index is 1.77. The van der Waals surface area contributed by atoms with Crippen LogP contribution in [0.2, 0.25) is 5.02 Å². The van der Waals surface area contributed by atoms with Crippen LogP contribution < -0.4 is 11.1 Å². The summed E-state index contributed by atoms with van der Waals surface area (Å²) < 4.78 is 0. The Morgan fingerprint density at radius 3 is 2.95 bits per heavy atom. The van der Waals surface area contributed by atoms with Crippen LogP contribution in [0.3, 0.4) is 0 Å². The Morgan fingerprint density at radius 1 is 1.25 bits per heavy atom. The Labute approximate surface area is 128 Å². The van der Waals surface area contributed by atoms with Gasteiger partial charge in [-0.25, -0.2) is 0 Å². The first kappa shape index (κ1) is 13.8. The van der Waals surface area contributed by atoms with Gasteiger partial charge in [0.2, 0.25) is 0 Å². The molecule has 1 unspecified atom stereocenters. The SMILES string of the molecule is Nc1ccccc1CNC1CCSc2ccc(Cl)cc21. The van der Waals surface area contributed by atoms with Crippen molar-refractivity contribution in [2.24, 2.45) is 0 Å². The number of thioether (sulfide) groups is 1. The molecule has 0 saturated carbocycles. The lowest BCUT2D eigenvalue weighted by molar-refractivity contribution is 0.510. The van der Waals surface area contributed by atoms with Crippen LogP contribution >= 0.6 is 23.4 Å². The molecule has 0 spiro atoms. The van der Waals surface area contributed by atoms with E-state index < -0.39 is 0 Å². The van der Waals surface area contributed by atoms with Crippen LogP contribution in [-0.2, 0) is 6.54 Å². The van der Waals surface area contributed by atoms with E-state index in [4.69, 9.17) is 17.3 Å². The zero-order valence-electron chi connectivity index (χ0n) is 11.1. The molecule has 1 heterocycles. The molecule has 0 radical (unpaired) electrons. The standard InChI is InChI=1S/C16H17ClN2S/c17-12-5-6-16-13(9-12)15(7-8-20-16)19-10-11-3-1-2-4-14(11)18/h1-6,9,15,19H,7-8,10,18H2. The number of nitrogens with one attached hydrogen (secondary N) is 1. The van der Waals surface area contributed by atoms with Crippen LogP contribution in [0.15, 0.2) is 47.4 Å². The van der Waals surface area contributed by atoms with Crippen LogP contribution in [-0.4, -0.2) is 5.75 Å². The van der Waals surface area contributed by atoms with E-state index in [-0.39, 0.29) is 0 Å². The molecule has 2 aromatic rings. The van der Waals surface area contributed by atoms with Crippen molar-refractivity contribution in [3.63, 3.8) is 0 Å². The lowest BCUT2D eigenvalue weighted by Gasteiger charge is -2.26. The lowest BCUT2D eigenvalue weighted by atomic mass is 10.0. The van der Waals surface area contributed by atoms with Crippen LogP contribution in [0, 0.1) is 0 Å². The molecule has 3 rings (SSSR count). The van der Waals surface area contributed by atoms with Gasteiger partial charge in [-0.2, -0.15) is 0 Å². The third kappa shape index (κ3) is 2.95. The summed E-state index contributed by atoms with van der Waals surface area (Å²) in [7, 11) is 0. The summed E-state index contributed by atoms with van der Waals surface area (Å²) in [4.78, 5) is 1.33. The number of nitrogens with two attached hydrogens (primary N) is 1. The number of anilines is 1. The molecule has 0 saturated heterocycles. The van der Waals surface area contributed by atoms with Gasteiger partial charge >= 0.3 is 0 Å². The summed E-state index contributed by atoms with van der Waals surface area (Å²) >= 11 is 8.03. The second-order valence-corrected chi connectivity index (χ2v) is 6.52. The minimum atomic E-state index is 0.351. The van der Waals surface area contributed by atoms with Crippen molar-refractivity contribution in [3.8, 4) is 0 Å². The van der Waals surface area contributed by atoms with Gasteiger partial charge in [0.1, 0.15) is 0 Å². The van der Waals surface area contributed by atoms with Gasteiger partial charge in [-0.3, -0.25) is 0 Å². The molecule has 2 aromatic carbocycles. The smallest absolute Gasteiger partial charge is 0.0410 e. The first-order valence-corrected chi connectivity index (χ1v) is 8.09. The van der Waals surface area contributed by atoms with Gasteiger partial charge in [-0.05, 0) is 47.6 Å². The Morgan fingerprint density at radius 2 is 2.10 bits per heavy atom. The van der Waals surface area contributed by atoms with E-state index in [9.17, 15) is 0 Å². The first-order chi connectivity index (χ1) is 9.74. The zero-order chi connectivity index (χ0) is 13.9. The molecular formula is C16H17ClN2S. The molecule has 104 valence electrons. The number of para-hydroxylation sites is 1. The molecule has 0 aliphatic carbocycles. The highest BCUT2D eigenvalue weighted by Crippen LogP contribution is 2.37. The van der Waals surface area contributed by atoms with E-state index in [0.29, 0.717) is 6.04 Å². The number of halogens is 1. The van der Waals surface area contributed by atoms with Gasteiger partial charge in [-0.15, -0.1) is 11.8 Å². The van der Waals surface area contributed by atoms with Gasteiger partial charge in [0, 0.05) is 28.2 Å². The van der Waals surface area contributed by atoms with E-state index in [2.05, 4.69) is 23.5 Å². The average molecular weight is 305 g/mol. The Bertz CT molecular complexity index is 615. The van der Waals surface area contributed by atoms with E-state index in [1.54, 1.807) is 0 Å². The average Bonchev–Trinajstić information content (AvgIpc) is 2.46. The highest BCUT2D eigenvalue weighted by atomic mass is 35.5. The van der Waals surface area contributed by atoms with E-state index in [0.717, 1.165) is 35.0 Å². The number of hydrogen-bond acceptors (Lipinski definition) is 3. The van der Waals surface area contributed by atoms with Gasteiger partial charge in [-0.1, -0.05) is 29.8 Å². The monoisotopic (exact) mass is 304 g/mol. The Hall–Kier alpha value is -1.16. The van der Waals surface area contributed by atoms with Gasteiger partial charge in [0.05, 0.1) is 0 Å². The molecule has 20 heavy (non-hydrogen) atoms. The third-order valence-corrected chi connectivity index (χ3v) is 4.96. The molecule has 3 N–H and O–H groups in total. The molecule has 1 aliphatic heterocycles. The summed E-state index contributed by atoms with van der Waals surface area (Å²) in [6.07, 6.45) is 1.12. The molecule has 1 atom stereocenters. The molecule has 0 bridgehead atoms. The summed E-state index contributed by atoms with van der Waals surface area (Å²) in [5.41, 5.74) is 9.29. The topological polar surface area (TPSA) is 38.0 Å². The van der Waals surface area contributed by atoms with E-state index >= 15 is 0 Å². The van der Waals surface area contributed by atoms with Crippen LogP contribution in [0.5, 0.6) is 0 Å². The predicted molar refractivity (Wildman–Crippen MR) is 87.2 cm³/mol. The van der Waals surface area contributed by atoms with Crippen molar-refractivity contribution in [1.29, 1.82) is 0 Å². The van der Waals surface area contributed by atoms with Gasteiger partial charge in [0.15, 0.2) is 0 Å². The molecule has 0 aromatic heterocycles. The van der Waals surface area contributed by atoms with E-state index in [1.807, 2.05) is 36.0 Å². The predicted octanol–water partition coefficient (Wildman–Crippen LogP) is 4.25. The number of hydrogen-bond donors (Lipinski definition) is 2. The quantitative estimate of drug-likeness (QED) is 0.833. The summed E-state index contributed by atoms with van der Waals surface area (Å²) in [5, 5.41) is 4.41. The maximum Gasteiger partial charge on any atom is 0.0410 e. The number of benzene rings is 2. The van der Waals surface area contributed by atoms with Crippen LogP contribution in [0.4, 0.5) is 5.69 Å². The summed E-state index contributed by atoms with van der Waals surface area (Å²) in [5.74, 6) is 1.14. The van der Waals surface area contributed by atoms with Crippen LogP contribution in [0.1, 0.15) is 23.6 Å². The van der Waals surface area contributed by atoms with Crippen molar-refractivity contribution < 1.29 is 0 Å². The largest absolute Gasteiger partial charge is 0.398 e. The van der Waals surface area contributed by atoms with Crippen molar-refractivity contribution in [1.82, 2.24) is 5.32 Å². The molecule has 4 heteroatoms. The zero-order valence-corrected chi connectivity index (χ0v) is 12.7. The number of nitrogen functional groups attached to an aromatic ring is 1. The van der Waals surface area contributed by atoms with Crippen molar-refractivity contribution >= 4 is 29.1 Å². The highest BCUT2D eigenvalue weighted by Gasteiger charge is 2.20. The second kappa shape index (κ2) is 6.08. The molecule has 0 amide bonds. The maximum absolute atomic E-state index is 6.13. The molecule has 1 aliphatic rings. The Kier molecular flexibility index (Phi) is 4.20. The summed E-state index contributed by atoms with van der Waals surface area (Å²) in [6.45, 7) is 0.786. The normalized spacial score (nSPS) is 17.8. The fourth-order valence-electron chi connectivity index (χ4n) is 2.51. The molecule has 0 fully saturated rings. The fourth-order valence-corrected chi connectivity index (χ4v) is 3.79. The minimum absolute atomic E-state index is 0.351. The second-order valence-electron chi connectivity index (χ2n) is 4.95. The van der Waals surface area contributed by atoms with Crippen molar-refractivity contribution in [2.75, 3.05) is 11.5 Å². The molecule has 2 nitrogen and oxygen atoms in total. The van der Waals surface area contributed by atoms with Gasteiger partial charge in [0.25, 0.3) is 0 Å². The number of fused-ring (bicyclic) bond motifs is 1. The molecular weight excluding hydrogens is 288 g/mol. The van der Waals surface area contributed by atoms with Gasteiger partial charge < -0.3 is 11.1 Å². The van der Waals surface area contributed by atoms with E-state index in [1.165, 1.54) is 10.5 Å². The number of rotatable bonds is 3. The maximum atomic E-state index is 6.13.